The Morgan fingerprint density at radius 1 is 1.55 bits per heavy atom. The van der Waals surface area contributed by atoms with Gasteiger partial charge < -0.3 is 9.47 Å². The number of nitrogens with one attached hydrogen (secondary N) is 1. The fourth-order valence-corrected chi connectivity index (χ4v) is 2.49. The van der Waals surface area contributed by atoms with Crippen LogP contribution in [0.5, 0.6) is 0 Å². The van der Waals surface area contributed by atoms with E-state index in [0.29, 0.717) is 5.56 Å². The fourth-order valence-electron chi connectivity index (χ4n) is 2.49. The van der Waals surface area contributed by atoms with Crippen LogP contribution in [0, 0.1) is 28.5 Å². The first-order valence-corrected chi connectivity index (χ1v) is 6.78. The van der Waals surface area contributed by atoms with Gasteiger partial charge in [0.05, 0.1) is 18.2 Å². The van der Waals surface area contributed by atoms with Gasteiger partial charge in [-0.05, 0) is 31.5 Å². The Morgan fingerprint density at radius 2 is 2.27 bits per heavy atom. The molecule has 0 spiro atoms. The van der Waals surface area contributed by atoms with Gasteiger partial charge in [-0.3, -0.25) is 5.41 Å². The van der Waals surface area contributed by atoms with E-state index in [9.17, 15) is 14.4 Å². The number of benzene rings is 1. The summed E-state index contributed by atoms with van der Waals surface area (Å²) in [6.07, 6.45) is 0. The highest BCUT2D eigenvalue weighted by atomic mass is 19.1. The van der Waals surface area contributed by atoms with E-state index < -0.39 is 23.6 Å². The Morgan fingerprint density at radius 3 is 2.86 bits per heavy atom. The molecule has 1 N–H and O–H groups in total. The number of carbonyl (C=O) groups excluding carboxylic acids is 1. The van der Waals surface area contributed by atoms with Crippen molar-refractivity contribution >= 4 is 11.9 Å². The lowest BCUT2D eigenvalue weighted by Crippen LogP contribution is -2.33. The van der Waals surface area contributed by atoms with Crippen LogP contribution in [-0.4, -0.2) is 18.5 Å². The van der Waals surface area contributed by atoms with Gasteiger partial charge in [0, 0.05) is 5.92 Å². The lowest BCUT2D eigenvalue weighted by Gasteiger charge is -2.30. The number of hydrogen-bond donors (Lipinski definition) is 1. The SMILES string of the molecule is CCOC(=O)C1=C(C)OC(=N)C(C#N)C1c1cccc(F)c1. The molecule has 0 radical (unpaired) electrons. The Bertz CT molecular complexity index is 691. The summed E-state index contributed by atoms with van der Waals surface area (Å²) in [7, 11) is 0. The fraction of sp³-hybridized carbons (Fsp3) is 0.312. The standard InChI is InChI=1S/C16H15FN2O3/c1-3-21-16(20)13-9(2)22-15(19)12(8-18)14(13)10-5-4-6-11(17)7-10/h4-7,12,14,19H,3H2,1-2H3. The molecule has 5 nitrogen and oxygen atoms in total. The van der Waals surface area contributed by atoms with Gasteiger partial charge in [0.25, 0.3) is 0 Å². The summed E-state index contributed by atoms with van der Waals surface area (Å²) < 4.78 is 23.7. The zero-order valence-electron chi connectivity index (χ0n) is 12.2. The predicted molar refractivity (Wildman–Crippen MR) is 76.4 cm³/mol. The first kappa shape index (κ1) is 15.7. The molecule has 1 aromatic carbocycles. The molecule has 0 saturated carbocycles. The molecule has 1 aliphatic heterocycles. The van der Waals surface area contributed by atoms with E-state index in [2.05, 4.69) is 0 Å². The second-order valence-electron chi connectivity index (χ2n) is 4.80. The Labute approximate surface area is 127 Å². The van der Waals surface area contributed by atoms with Crippen LogP contribution in [0.4, 0.5) is 4.39 Å². The molecule has 1 aliphatic rings. The quantitative estimate of drug-likeness (QED) is 0.870. The number of nitriles is 1. The first-order valence-electron chi connectivity index (χ1n) is 6.78. The smallest absolute Gasteiger partial charge is 0.338 e. The zero-order chi connectivity index (χ0) is 16.3. The number of nitrogens with zero attached hydrogens (tertiary/aromatic N) is 1. The van der Waals surface area contributed by atoms with E-state index in [1.165, 1.54) is 25.1 Å². The summed E-state index contributed by atoms with van der Waals surface area (Å²) in [6, 6.07) is 7.59. The number of esters is 1. The second kappa shape index (κ2) is 6.39. The predicted octanol–water partition coefficient (Wildman–Crippen LogP) is 2.89. The van der Waals surface area contributed by atoms with E-state index in [4.69, 9.17) is 14.9 Å². The molecular weight excluding hydrogens is 287 g/mol. The van der Waals surface area contributed by atoms with E-state index in [1.807, 2.05) is 6.07 Å². The Hall–Kier alpha value is -2.68. The van der Waals surface area contributed by atoms with E-state index in [0.717, 1.165) is 0 Å². The van der Waals surface area contributed by atoms with Crippen molar-refractivity contribution in [3.63, 3.8) is 0 Å². The molecule has 2 atom stereocenters. The number of carbonyl (C=O) groups is 1. The van der Waals surface area contributed by atoms with E-state index >= 15 is 0 Å². The Kier molecular flexibility index (Phi) is 4.56. The van der Waals surface area contributed by atoms with Gasteiger partial charge in [-0.1, -0.05) is 12.1 Å². The second-order valence-corrected chi connectivity index (χ2v) is 4.80. The molecule has 0 amide bonds. The van der Waals surface area contributed by atoms with Crippen molar-refractivity contribution in [3.05, 3.63) is 47.0 Å². The summed E-state index contributed by atoms with van der Waals surface area (Å²) in [5.74, 6) is -2.97. The zero-order valence-corrected chi connectivity index (χ0v) is 12.2. The summed E-state index contributed by atoms with van der Waals surface area (Å²) in [4.78, 5) is 12.2. The normalized spacial score (nSPS) is 21.1. The van der Waals surface area contributed by atoms with Crippen LogP contribution in [0.25, 0.3) is 0 Å². The van der Waals surface area contributed by atoms with Crippen molar-refractivity contribution in [3.8, 4) is 6.07 Å². The summed E-state index contributed by atoms with van der Waals surface area (Å²) >= 11 is 0. The molecule has 0 bridgehead atoms. The third kappa shape index (κ3) is 2.84. The third-order valence-corrected chi connectivity index (χ3v) is 3.41. The monoisotopic (exact) mass is 302 g/mol. The van der Waals surface area contributed by atoms with Gasteiger partial charge in [0.1, 0.15) is 17.5 Å². The van der Waals surface area contributed by atoms with Crippen molar-refractivity contribution in [1.29, 1.82) is 10.7 Å². The minimum atomic E-state index is -1.01. The Balaban J connectivity index is 2.60. The van der Waals surface area contributed by atoms with Crippen LogP contribution in [0.15, 0.2) is 35.6 Å². The molecule has 2 rings (SSSR count). The highest BCUT2D eigenvalue weighted by Crippen LogP contribution is 2.39. The van der Waals surface area contributed by atoms with E-state index in [-0.39, 0.29) is 23.8 Å². The lowest BCUT2D eigenvalue weighted by molar-refractivity contribution is -0.139. The number of halogens is 1. The van der Waals surface area contributed by atoms with Crippen molar-refractivity contribution in [2.45, 2.75) is 19.8 Å². The van der Waals surface area contributed by atoms with Crippen LogP contribution in [0.2, 0.25) is 0 Å². The van der Waals surface area contributed by atoms with Crippen LogP contribution in [0.3, 0.4) is 0 Å². The number of allylic oxidation sites excluding steroid dienone is 1. The first-order chi connectivity index (χ1) is 10.5. The van der Waals surface area contributed by atoms with Crippen molar-refractivity contribution < 1.29 is 18.7 Å². The lowest BCUT2D eigenvalue weighted by atomic mass is 9.78. The van der Waals surface area contributed by atoms with Crippen LogP contribution in [-0.2, 0) is 14.3 Å². The maximum Gasteiger partial charge on any atom is 0.338 e. The maximum atomic E-state index is 13.5. The molecule has 1 heterocycles. The van der Waals surface area contributed by atoms with Crippen LogP contribution < -0.4 is 0 Å². The van der Waals surface area contributed by atoms with Crippen LogP contribution >= 0.6 is 0 Å². The molecule has 22 heavy (non-hydrogen) atoms. The largest absolute Gasteiger partial charge is 0.463 e. The third-order valence-electron chi connectivity index (χ3n) is 3.41. The topological polar surface area (TPSA) is 83.2 Å². The highest BCUT2D eigenvalue weighted by Gasteiger charge is 2.41. The number of rotatable bonds is 3. The minimum absolute atomic E-state index is 0.148. The average molecular weight is 302 g/mol. The average Bonchev–Trinajstić information content (AvgIpc) is 2.46. The molecule has 0 aliphatic carbocycles. The van der Waals surface area contributed by atoms with Gasteiger partial charge >= 0.3 is 5.97 Å². The van der Waals surface area contributed by atoms with Crippen LogP contribution in [0.1, 0.15) is 25.3 Å². The minimum Gasteiger partial charge on any atom is -0.463 e. The number of ether oxygens (including phenoxy) is 2. The number of hydrogen-bond acceptors (Lipinski definition) is 5. The molecule has 2 unspecified atom stereocenters. The van der Waals surface area contributed by atoms with Gasteiger partial charge in [-0.25, -0.2) is 9.18 Å². The van der Waals surface area contributed by atoms with Gasteiger partial charge in [0.2, 0.25) is 5.90 Å². The molecule has 0 saturated heterocycles. The van der Waals surface area contributed by atoms with Crippen molar-refractivity contribution in [2.75, 3.05) is 6.61 Å². The summed E-state index contributed by atoms with van der Waals surface area (Å²) in [6.45, 7) is 3.36. The van der Waals surface area contributed by atoms with Gasteiger partial charge in [-0.15, -0.1) is 0 Å². The van der Waals surface area contributed by atoms with Crippen molar-refractivity contribution in [1.82, 2.24) is 0 Å². The molecule has 114 valence electrons. The molecule has 1 aromatic rings. The highest BCUT2D eigenvalue weighted by molar-refractivity contribution is 5.95. The van der Waals surface area contributed by atoms with E-state index in [1.54, 1.807) is 13.0 Å². The van der Waals surface area contributed by atoms with Gasteiger partial charge in [0.15, 0.2) is 0 Å². The van der Waals surface area contributed by atoms with Crippen molar-refractivity contribution in [2.24, 2.45) is 5.92 Å². The molecular formula is C16H15FN2O3. The summed E-state index contributed by atoms with van der Waals surface area (Å²) in [5, 5.41) is 17.2. The molecule has 0 aromatic heterocycles. The summed E-state index contributed by atoms with van der Waals surface area (Å²) in [5.41, 5.74) is 0.581. The molecule has 6 heteroatoms. The molecule has 0 fully saturated rings. The maximum absolute atomic E-state index is 13.5. The van der Waals surface area contributed by atoms with Gasteiger partial charge in [-0.2, -0.15) is 5.26 Å².